The predicted molar refractivity (Wildman–Crippen MR) is 36.8 cm³/mol. The minimum Gasteiger partial charge on any atom is -0.379 e. The third-order valence-corrected chi connectivity index (χ3v) is 2.18. The van der Waals surface area contributed by atoms with Gasteiger partial charge in [0.25, 0.3) is 0 Å². The average molecular weight is 157 g/mol. The lowest BCUT2D eigenvalue weighted by atomic mass is 9.99. The molecule has 1 aliphatic heterocycles. The first-order valence-electron chi connectivity index (χ1n) is 3.00. The number of ether oxygens (including phenoxy) is 1. The van der Waals surface area contributed by atoms with Crippen LogP contribution < -0.4 is 0 Å². The van der Waals surface area contributed by atoms with Crippen molar-refractivity contribution in [1.82, 2.24) is 4.98 Å². The Labute approximate surface area is 62.3 Å². The zero-order valence-electron chi connectivity index (χ0n) is 5.28. The van der Waals surface area contributed by atoms with E-state index in [4.69, 9.17) is 4.74 Å². The molecule has 3 nitrogen and oxygen atoms in total. The van der Waals surface area contributed by atoms with Gasteiger partial charge in [0, 0.05) is 5.38 Å². The molecule has 0 unspecified atom stereocenters. The van der Waals surface area contributed by atoms with Crippen molar-refractivity contribution in [3.8, 4) is 0 Å². The summed E-state index contributed by atoms with van der Waals surface area (Å²) in [5, 5.41) is 11.4. The van der Waals surface area contributed by atoms with E-state index in [-0.39, 0.29) is 0 Å². The van der Waals surface area contributed by atoms with E-state index in [0.717, 1.165) is 5.69 Å². The number of hydrogen-bond acceptors (Lipinski definition) is 4. The molecule has 1 N–H and O–H groups in total. The largest absolute Gasteiger partial charge is 0.379 e. The summed E-state index contributed by atoms with van der Waals surface area (Å²) < 4.78 is 4.88. The van der Waals surface area contributed by atoms with Crippen LogP contribution in [0.3, 0.4) is 0 Å². The number of aromatic nitrogens is 1. The third-order valence-electron chi connectivity index (χ3n) is 1.59. The lowest BCUT2D eigenvalue weighted by Gasteiger charge is -2.34. The lowest BCUT2D eigenvalue weighted by molar-refractivity contribution is -0.186. The van der Waals surface area contributed by atoms with Gasteiger partial charge in [0.15, 0.2) is 5.60 Å². The van der Waals surface area contributed by atoms with Crippen LogP contribution in [0.15, 0.2) is 10.9 Å². The summed E-state index contributed by atoms with van der Waals surface area (Å²) in [6.07, 6.45) is 0. The summed E-state index contributed by atoms with van der Waals surface area (Å²) in [6.45, 7) is 0.771. The van der Waals surface area contributed by atoms with E-state index in [0.29, 0.717) is 13.2 Å². The minimum atomic E-state index is -0.778. The van der Waals surface area contributed by atoms with Crippen LogP contribution in [0.25, 0.3) is 0 Å². The van der Waals surface area contributed by atoms with E-state index in [1.165, 1.54) is 11.3 Å². The van der Waals surface area contributed by atoms with Crippen LogP contribution in [-0.2, 0) is 10.3 Å². The molecule has 0 aromatic carbocycles. The molecule has 0 aliphatic carbocycles. The molecule has 4 heteroatoms. The van der Waals surface area contributed by atoms with Crippen LogP contribution in [0.4, 0.5) is 0 Å². The molecule has 0 atom stereocenters. The first-order chi connectivity index (χ1) is 4.81. The summed E-state index contributed by atoms with van der Waals surface area (Å²) >= 11 is 1.49. The van der Waals surface area contributed by atoms with E-state index in [1.807, 2.05) is 5.38 Å². The third kappa shape index (κ3) is 0.767. The van der Waals surface area contributed by atoms with Gasteiger partial charge in [-0.3, -0.25) is 0 Å². The molecule has 0 saturated carbocycles. The Balaban J connectivity index is 2.27. The van der Waals surface area contributed by atoms with Gasteiger partial charge < -0.3 is 9.84 Å². The van der Waals surface area contributed by atoms with E-state index in [2.05, 4.69) is 4.98 Å². The maximum absolute atomic E-state index is 9.59. The molecule has 54 valence electrons. The van der Waals surface area contributed by atoms with Gasteiger partial charge in [0.05, 0.1) is 24.4 Å². The summed E-state index contributed by atoms with van der Waals surface area (Å²) in [5.41, 5.74) is 1.68. The summed E-state index contributed by atoms with van der Waals surface area (Å²) in [7, 11) is 0. The van der Waals surface area contributed by atoms with Crippen LogP contribution in [-0.4, -0.2) is 23.3 Å². The van der Waals surface area contributed by atoms with Crippen molar-refractivity contribution >= 4 is 11.3 Å². The number of aliphatic hydroxyl groups is 1. The van der Waals surface area contributed by atoms with Crippen LogP contribution >= 0.6 is 11.3 Å². The molecular weight excluding hydrogens is 150 g/mol. The molecule has 0 radical (unpaired) electrons. The fourth-order valence-corrected chi connectivity index (χ4v) is 1.53. The molecule has 1 aromatic heterocycles. The van der Waals surface area contributed by atoms with Crippen molar-refractivity contribution in [2.45, 2.75) is 5.60 Å². The van der Waals surface area contributed by atoms with Gasteiger partial charge >= 0.3 is 0 Å². The normalized spacial score (nSPS) is 22.1. The minimum absolute atomic E-state index is 0.386. The number of rotatable bonds is 1. The highest BCUT2D eigenvalue weighted by Crippen LogP contribution is 2.28. The summed E-state index contributed by atoms with van der Waals surface area (Å²) in [5.74, 6) is 0. The monoisotopic (exact) mass is 157 g/mol. The van der Waals surface area contributed by atoms with Crippen LogP contribution in [0.5, 0.6) is 0 Å². The van der Waals surface area contributed by atoms with E-state index in [9.17, 15) is 5.11 Å². The van der Waals surface area contributed by atoms with Gasteiger partial charge in [-0.05, 0) is 0 Å². The second-order valence-electron chi connectivity index (χ2n) is 2.40. The molecule has 1 aliphatic rings. The zero-order valence-corrected chi connectivity index (χ0v) is 6.10. The molecule has 0 amide bonds. The maximum atomic E-state index is 9.59. The van der Waals surface area contributed by atoms with E-state index >= 15 is 0 Å². The van der Waals surface area contributed by atoms with Gasteiger partial charge in [-0.2, -0.15) is 0 Å². The van der Waals surface area contributed by atoms with Gasteiger partial charge in [0.1, 0.15) is 0 Å². The van der Waals surface area contributed by atoms with E-state index in [1.54, 1.807) is 5.51 Å². The van der Waals surface area contributed by atoms with Crippen molar-refractivity contribution < 1.29 is 9.84 Å². The number of thiazole rings is 1. The highest BCUT2D eigenvalue weighted by atomic mass is 32.1. The fourth-order valence-electron chi connectivity index (χ4n) is 0.886. The highest BCUT2D eigenvalue weighted by molar-refractivity contribution is 7.07. The van der Waals surface area contributed by atoms with Crippen molar-refractivity contribution in [3.05, 3.63) is 16.6 Å². The maximum Gasteiger partial charge on any atom is 0.154 e. The van der Waals surface area contributed by atoms with Gasteiger partial charge in [0.2, 0.25) is 0 Å². The fraction of sp³-hybridized carbons (Fsp3) is 0.500. The first kappa shape index (κ1) is 6.27. The van der Waals surface area contributed by atoms with Crippen molar-refractivity contribution in [2.24, 2.45) is 0 Å². The van der Waals surface area contributed by atoms with Crippen LogP contribution in [0.2, 0.25) is 0 Å². The van der Waals surface area contributed by atoms with Gasteiger partial charge in [-0.15, -0.1) is 11.3 Å². The average Bonchev–Trinajstić information content (AvgIpc) is 2.33. The van der Waals surface area contributed by atoms with Crippen molar-refractivity contribution in [1.29, 1.82) is 0 Å². The van der Waals surface area contributed by atoms with E-state index < -0.39 is 5.60 Å². The highest BCUT2D eigenvalue weighted by Gasteiger charge is 2.39. The second kappa shape index (κ2) is 2.02. The summed E-state index contributed by atoms with van der Waals surface area (Å²) in [4.78, 5) is 4.00. The summed E-state index contributed by atoms with van der Waals surface area (Å²) in [6, 6.07) is 0. The Morgan fingerprint density at radius 2 is 2.50 bits per heavy atom. The molecule has 0 bridgehead atoms. The Bertz CT molecular complexity index is 218. The Morgan fingerprint density at radius 3 is 2.90 bits per heavy atom. The topological polar surface area (TPSA) is 42.4 Å². The molecule has 1 saturated heterocycles. The zero-order chi connectivity index (χ0) is 7.03. The van der Waals surface area contributed by atoms with Crippen LogP contribution in [0, 0.1) is 0 Å². The molecule has 2 heterocycles. The lowest BCUT2D eigenvalue weighted by Crippen LogP contribution is -2.46. The Hall–Kier alpha value is -0.450. The SMILES string of the molecule is OC1(c2cscn2)COC1. The quantitative estimate of drug-likeness (QED) is 0.640. The van der Waals surface area contributed by atoms with Crippen molar-refractivity contribution in [2.75, 3.05) is 13.2 Å². The van der Waals surface area contributed by atoms with Crippen LogP contribution in [0.1, 0.15) is 5.69 Å². The standard InChI is InChI=1S/C6H7NO2S/c8-6(2-9-3-6)5-1-10-4-7-5/h1,4,8H,2-3H2. The van der Waals surface area contributed by atoms with Crippen molar-refractivity contribution in [3.63, 3.8) is 0 Å². The predicted octanol–water partition coefficient (Wildman–Crippen LogP) is 0.361. The molecule has 1 aromatic rings. The second-order valence-corrected chi connectivity index (χ2v) is 3.12. The van der Waals surface area contributed by atoms with Gasteiger partial charge in [-0.1, -0.05) is 0 Å². The molecule has 1 fully saturated rings. The number of nitrogens with zero attached hydrogens (tertiary/aromatic N) is 1. The molecule has 10 heavy (non-hydrogen) atoms. The molecule has 2 rings (SSSR count). The molecular formula is C6H7NO2S. The smallest absolute Gasteiger partial charge is 0.154 e. The Kier molecular flexibility index (Phi) is 1.26. The first-order valence-corrected chi connectivity index (χ1v) is 3.94. The van der Waals surface area contributed by atoms with Gasteiger partial charge in [-0.25, -0.2) is 4.98 Å². The molecule has 0 spiro atoms. The Morgan fingerprint density at radius 1 is 1.70 bits per heavy atom. The number of hydrogen-bond donors (Lipinski definition) is 1.